The van der Waals surface area contributed by atoms with Crippen molar-refractivity contribution in [2.45, 2.75) is 6.54 Å². The maximum absolute atomic E-state index is 5.56. The van der Waals surface area contributed by atoms with Crippen LogP contribution in [0, 0.1) is 3.57 Å². The van der Waals surface area contributed by atoms with Crippen LogP contribution in [0.15, 0.2) is 24.0 Å². The molecule has 10 heavy (non-hydrogen) atoms. The number of allylic oxidation sites excluding steroid dienone is 1. The summed E-state index contributed by atoms with van der Waals surface area (Å²) in [5.74, 6) is 0. The molecule has 0 saturated carbocycles. The normalized spacial score (nSPS) is 9.80. The summed E-state index contributed by atoms with van der Waals surface area (Å²) in [4.78, 5) is 0. The summed E-state index contributed by atoms with van der Waals surface area (Å²) in [7, 11) is 0. The van der Waals surface area contributed by atoms with Crippen LogP contribution >= 0.6 is 34.2 Å². The third kappa shape index (κ3) is 2.30. The van der Waals surface area contributed by atoms with Crippen molar-refractivity contribution in [3.63, 3.8) is 0 Å². The highest BCUT2D eigenvalue weighted by Crippen LogP contribution is 2.04. The Bertz CT molecular complexity index is 244. The fourth-order valence-electron chi connectivity index (χ4n) is 0.601. The molecule has 0 N–H and O–H groups in total. The first-order valence-electron chi connectivity index (χ1n) is 2.70. The molecule has 0 radical (unpaired) electrons. The fourth-order valence-corrected chi connectivity index (χ4v) is 1.17. The highest BCUT2D eigenvalue weighted by molar-refractivity contribution is 14.1. The summed E-state index contributed by atoms with van der Waals surface area (Å²) in [5.41, 5.74) is 0. The summed E-state index contributed by atoms with van der Waals surface area (Å²) in [6.45, 7) is 4.15. The quantitative estimate of drug-likeness (QED) is 0.752. The zero-order chi connectivity index (χ0) is 7.56. The van der Waals surface area contributed by atoms with Crippen LogP contribution in [0.4, 0.5) is 0 Å². The van der Waals surface area contributed by atoms with Gasteiger partial charge in [0, 0.05) is 11.2 Å². The van der Waals surface area contributed by atoms with Gasteiger partial charge in [-0.05, 0) is 22.6 Å². The zero-order valence-corrected chi connectivity index (χ0v) is 8.13. The second-order valence-electron chi connectivity index (χ2n) is 1.87. The molecule has 0 unspecified atom stereocenters. The van der Waals surface area contributed by atoms with Crippen molar-refractivity contribution in [2.24, 2.45) is 0 Å². The summed E-state index contributed by atoms with van der Waals surface area (Å²) in [6, 6.07) is 0. The van der Waals surface area contributed by atoms with Gasteiger partial charge in [-0.15, -0.1) is 0 Å². The molecule has 0 aliphatic rings. The monoisotopic (exact) mass is 268 g/mol. The van der Waals surface area contributed by atoms with Crippen molar-refractivity contribution >= 4 is 34.2 Å². The molecular weight excluding hydrogens is 262 g/mol. The molecule has 1 aromatic rings. The van der Waals surface area contributed by atoms with Crippen LogP contribution in [0.5, 0.6) is 0 Å². The molecule has 0 spiro atoms. The topological polar surface area (TPSA) is 17.8 Å². The maximum Gasteiger partial charge on any atom is 0.0760 e. The average Bonchev–Trinajstić information content (AvgIpc) is 2.13. The molecule has 4 heteroatoms. The predicted molar refractivity (Wildman–Crippen MR) is 49.9 cm³/mol. The molecule has 1 rings (SSSR count). The first-order chi connectivity index (χ1) is 4.68. The smallest absolute Gasteiger partial charge is 0.0760 e. The second kappa shape index (κ2) is 3.39. The fraction of sp³-hybridized carbons (Fsp3) is 0.167. The van der Waals surface area contributed by atoms with E-state index in [-0.39, 0.29) is 0 Å². The highest BCUT2D eigenvalue weighted by Gasteiger charge is 1.94. The minimum atomic E-state index is 0.588. The summed E-state index contributed by atoms with van der Waals surface area (Å²) >= 11 is 7.76. The van der Waals surface area contributed by atoms with Crippen molar-refractivity contribution in [1.82, 2.24) is 9.78 Å². The van der Waals surface area contributed by atoms with Crippen LogP contribution in [0.1, 0.15) is 0 Å². The van der Waals surface area contributed by atoms with Gasteiger partial charge in [-0.1, -0.05) is 18.2 Å². The van der Waals surface area contributed by atoms with Crippen molar-refractivity contribution < 1.29 is 0 Å². The highest BCUT2D eigenvalue weighted by atomic mass is 127. The maximum atomic E-state index is 5.56. The van der Waals surface area contributed by atoms with E-state index >= 15 is 0 Å². The molecule has 0 aromatic carbocycles. The van der Waals surface area contributed by atoms with Crippen LogP contribution in [0.3, 0.4) is 0 Å². The number of aromatic nitrogens is 2. The zero-order valence-electron chi connectivity index (χ0n) is 5.22. The van der Waals surface area contributed by atoms with Gasteiger partial charge in [-0.2, -0.15) is 5.10 Å². The number of hydrogen-bond acceptors (Lipinski definition) is 1. The minimum Gasteiger partial charge on any atom is -0.266 e. The average molecular weight is 268 g/mol. The first-order valence-corrected chi connectivity index (χ1v) is 4.15. The Labute approximate surface area is 78.0 Å². The Hall–Kier alpha value is -0.0300. The molecule has 54 valence electrons. The van der Waals surface area contributed by atoms with E-state index in [9.17, 15) is 0 Å². The molecule has 0 atom stereocenters. The van der Waals surface area contributed by atoms with E-state index in [1.807, 2.05) is 6.20 Å². The summed E-state index contributed by atoms with van der Waals surface area (Å²) in [5, 5.41) is 4.62. The van der Waals surface area contributed by atoms with E-state index in [0.29, 0.717) is 11.6 Å². The Kier molecular flexibility index (Phi) is 2.73. The number of nitrogens with zero attached hydrogens (tertiary/aromatic N) is 2. The molecule has 0 aliphatic carbocycles. The van der Waals surface area contributed by atoms with Gasteiger partial charge in [-0.3, -0.25) is 4.68 Å². The van der Waals surface area contributed by atoms with Crippen molar-refractivity contribution in [2.75, 3.05) is 0 Å². The molecule has 0 aliphatic heterocycles. The molecule has 0 bridgehead atoms. The van der Waals surface area contributed by atoms with Crippen LogP contribution in [-0.4, -0.2) is 9.78 Å². The van der Waals surface area contributed by atoms with Gasteiger partial charge >= 0.3 is 0 Å². The first kappa shape index (κ1) is 8.07. The van der Waals surface area contributed by atoms with Gasteiger partial charge in [0.05, 0.1) is 16.3 Å². The molecule has 1 aromatic heterocycles. The van der Waals surface area contributed by atoms with Crippen molar-refractivity contribution in [1.29, 1.82) is 0 Å². The number of rotatable bonds is 2. The van der Waals surface area contributed by atoms with Gasteiger partial charge in [0.1, 0.15) is 0 Å². The molecule has 2 nitrogen and oxygen atoms in total. The Morgan fingerprint density at radius 3 is 3.00 bits per heavy atom. The lowest BCUT2D eigenvalue weighted by molar-refractivity contribution is 0.695. The number of hydrogen-bond donors (Lipinski definition) is 0. The Balaban J connectivity index is 2.67. The van der Waals surface area contributed by atoms with Gasteiger partial charge in [0.25, 0.3) is 0 Å². The molecule has 0 amide bonds. The van der Waals surface area contributed by atoms with E-state index in [4.69, 9.17) is 11.6 Å². The van der Waals surface area contributed by atoms with E-state index in [0.717, 1.165) is 3.57 Å². The van der Waals surface area contributed by atoms with E-state index in [2.05, 4.69) is 34.3 Å². The van der Waals surface area contributed by atoms with Crippen LogP contribution < -0.4 is 0 Å². The molecule has 0 saturated heterocycles. The third-order valence-electron chi connectivity index (χ3n) is 0.935. The molecular formula is C6H6ClIN2. The van der Waals surface area contributed by atoms with E-state index in [1.54, 1.807) is 10.9 Å². The molecule has 0 fully saturated rings. The SMILES string of the molecule is C=C(Cl)Cn1cc(I)cn1. The third-order valence-corrected chi connectivity index (χ3v) is 1.61. The van der Waals surface area contributed by atoms with Crippen LogP contribution in [-0.2, 0) is 6.54 Å². The molecule has 1 heterocycles. The standard InChI is InChI=1S/C6H6ClIN2/c1-5(7)3-10-4-6(8)2-9-10/h2,4H,1,3H2. The summed E-state index contributed by atoms with van der Waals surface area (Å²) < 4.78 is 2.85. The second-order valence-corrected chi connectivity index (χ2v) is 3.65. The lowest BCUT2D eigenvalue weighted by Crippen LogP contribution is -1.96. The predicted octanol–water partition coefficient (Wildman–Crippen LogP) is 2.24. The van der Waals surface area contributed by atoms with Gasteiger partial charge in [-0.25, -0.2) is 0 Å². The largest absolute Gasteiger partial charge is 0.266 e. The van der Waals surface area contributed by atoms with Gasteiger partial charge in [0.2, 0.25) is 0 Å². The lowest BCUT2D eigenvalue weighted by Gasteiger charge is -1.95. The van der Waals surface area contributed by atoms with Crippen molar-refractivity contribution in [3.8, 4) is 0 Å². The van der Waals surface area contributed by atoms with Gasteiger partial charge in [0.15, 0.2) is 0 Å². The van der Waals surface area contributed by atoms with Crippen LogP contribution in [0.2, 0.25) is 0 Å². The number of halogens is 2. The van der Waals surface area contributed by atoms with E-state index in [1.165, 1.54) is 0 Å². The van der Waals surface area contributed by atoms with E-state index < -0.39 is 0 Å². The van der Waals surface area contributed by atoms with Crippen molar-refractivity contribution in [3.05, 3.63) is 27.6 Å². The Morgan fingerprint density at radius 2 is 2.60 bits per heavy atom. The Morgan fingerprint density at radius 1 is 1.90 bits per heavy atom. The summed E-state index contributed by atoms with van der Waals surface area (Å²) in [6.07, 6.45) is 3.69. The lowest BCUT2D eigenvalue weighted by atomic mass is 10.6. The minimum absolute atomic E-state index is 0.588. The van der Waals surface area contributed by atoms with Crippen LogP contribution in [0.25, 0.3) is 0 Å². The van der Waals surface area contributed by atoms with Gasteiger partial charge < -0.3 is 0 Å².